The topological polar surface area (TPSA) is 129 Å². The molecule has 1 saturated heterocycles. The van der Waals surface area contributed by atoms with Crippen LogP contribution < -0.4 is 16.0 Å². The van der Waals surface area contributed by atoms with Crippen molar-refractivity contribution in [3.63, 3.8) is 0 Å². The first-order chi connectivity index (χ1) is 18.8. The molecular weight excluding hydrogens is 543 g/mol. The molecule has 10 nitrogen and oxygen atoms in total. The number of hydrogen-bond donors (Lipinski definition) is 3. The number of urea groups is 1. The molecule has 4 amide bonds. The van der Waals surface area contributed by atoms with E-state index in [1.54, 1.807) is 18.2 Å². The summed E-state index contributed by atoms with van der Waals surface area (Å²) in [6, 6.07) is 0.685. The van der Waals surface area contributed by atoms with E-state index in [1.165, 1.54) is 11.8 Å². The predicted octanol–water partition coefficient (Wildman–Crippen LogP) is 3.36. The van der Waals surface area contributed by atoms with Crippen LogP contribution in [0.15, 0.2) is 22.8 Å². The molecule has 15 heteroatoms. The van der Waals surface area contributed by atoms with Gasteiger partial charge in [0.2, 0.25) is 11.8 Å². The largest absolute Gasteiger partial charge is 0.410 e. The molecule has 3 N–H and O–H groups in total. The van der Waals surface area contributed by atoms with Crippen molar-refractivity contribution in [1.82, 2.24) is 25.8 Å². The van der Waals surface area contributed by atoms with E-state index in [-0.39, 0.29) is 24.2 Å². The van der Waals surface area contributed by atoms with Crippen molar-refractivity contribution in [1.29, 1.82) is 0 Å². The summed E-state index contributed by atoms with van der Waals surface area (Å²) in [5.74, 6) is -4.73. The van der Waals surface area contributed by atoms with Crippen LogP contribution in [0, 0.1) is 12.8 Å². The Labute approximate surface area is 225 Å². The SMILES string of the molecule is Cc1nonc1C(=O)N[C@H](C(=O)Nc1ccc2c(c1)CC(N1C[C@@H](C(F)(F)F)NC1=O)C2)C1CCC(F)(F)CC1. The van der Waals surface area contributed by atoms with E-state index in [9.17, 15) is 36.3 Å². The average Bonchev–Trinajstić information content (AvgIpc) is 3.60. The predicted molar refractivity (Wildman–Crippen MR) is 129 cm³/mol. The van der Waals surface area contributed by atoms with Crippen LogP contribution >= 0.6 is 0 Å². The number of carbonyl (C=O) groups excluding carboxylic acids is 3. The number of nitrogens with zero attached hydrogens (tertiary/aromatic N) is 3. The van der Waals surface area contributed by atoms with Crippen LogP contribution in [0.25, 0.3) is 0 Å². The molecule has 1 unspecified atom stereocenters. The van der Waals surface area contributed by atoms with Gasteiger partial charge in [-0.2, -0.15) is 13.2 Å². The van der Waals surface area contributed by atoms with E-state index in [2.05, 4.69) is 25.6 Å². The maximum absolute atomic E-state index is 13.8. The Balaban J connectivity index is 1.28. The van der Waals surface area contributed by atoms with Gasteiger partial charge in [-0.05, 0) is 66.9 Å². The number of benzene rings is 1. The number of nitrogens with one attached hydrogen (secondary N) is 3. The Morgan fingerprint density at radius 1 is 1.15 bits per heavy atom. The Morgan fingerprint density at radius 2 is 1.85 bits per heavy atom. The second-order valence-electron chi connectivity index (χ2n) is 10.6. The Bertz CT molecular complexity index is 1300. The Morgan fingerprint density at radius 3 is 2.48 bits per heavy atom. The fourth-order valence-electron chi connectivity index (χ4n) is 5.61. The van der Waals surface area contributed by atoms with E-state index in [0.29, 0.717) is 18.5 Å². The van der Waals surface area contributed by atoms with E-state index < -0.39 is 73.4 Å². The van der Waals surface area contributed by atoms with Crippen LogP contribution in [0.1, 0.15) is 53.0 Å². The first-order valence-corrected chi connectivity index (χ1v) is 12.8. The number of rotatable bonds is 6. The molecular formula is C25H27F5N6O4. The first kappa shape index (κ1) is 27.8. The molecule has 2 aliphatic carbocycles. The minimum Gasteiger partial charge on any atom is -0.338 e. The molecule has 216 valence electrons. The number of amides is 4. The zero-order valence-electron chi connectivity index (χ0n) is 21.4. The number of aryl methyl sites for hydroxylation is 1. The summed E-state index contributed by atoms with van der Waals surface area (Å²) in [7, 11) is 0. The van der Waals surface area contributed by atoms with Gasteiger partial charge in [-0.3, -0.25) is 9.59 Å². The summed E-state index contributed by atoms with van der Waals surface area (Å²) in [5.41, 5.74) is 2.03. The minimum atomic E-state index is -4.55. The molecule has 1 aromatic carbocycles. The summed E-state index contributed by atoms with van der Waals surface area (Å²) >= 11 is 0. The zero-order valence-corrected chi connectivity index (χ0v) is 21.4. The van der Waals surface area contributed by atoms with Crippen molar-refractivity contribution in [2.75, 3.05) is 11.9 Å². The van der Waals surface area contributed by atoms with Crippen molar-refractivity contribution in [3.05, 3.63) is 40.7 Å². The van der Waals surface area contributed by atoms with Crippen LogP contribution in [0.3, 0.4) is 0 Å². The van der Waals surface area contributed by atoms with Crippen molar-refractivity contribution in [2.24, 2.45) is 5.92 Å². The molecule has 1 aromatic heterocycles. The van der Waals surface area contributed by atoms with E-state index in [4.69, 9.17) is 0 Å². The van der Waals surface area contributed by atoms with Gasteiger partial charge in [-0.25, -0.2) is 18.2 Å². The maximum atomic E-state index is 13.8. The van der Waals surface area contributed by atoms with Gasteiger partial charge in [0.15, 0.2) is 5.69 Å². The fraction of sp³-hybridized carbons (Fsp3) is 0.560. The molecule has 0 bridgehead atoms. The molecule has 2 heterocycles. The lowest BCUT2D eigenvalue weighted by atomic mass is 9.81. The molecule has 3 atom stereocenters. The number of anilines is 1. The smallest absolute Gasteiger partial charge is 0.338 e. The molecule has 3 aliphatic rings. The van der Waals surface area contributed by atoms with E-state index in [0.717, 1.165) is 11.1 Å². The highest BCUT2D eigenvalue weighted by atomic mass is 19.4. The molecule has 2 aromatic rings. The molecule has 0 spiro atoms. The average molecular weight is 571 g/mol. The lowest BCUT2D eigenvalue weighted by Crippen LogP contribution is -2.50. The van der Waals surface area contributed by atoms with Crippen molar-refractivity contribution in [2.45, 2.75) is 75.7 Å². The number of carbonyl (C=O) groups is 3. The number of fused-ring (bicyclic) bond motifs is 1. The molecule has 1 aliphatic heterocycles. The summed E-state index contributed by atoms with van der Waals surface area (Å²) in [4.78, 5) is 39.5. The van der Waals surface area contributed by atoms with Crippen molar-refractivity contribution in [3.8, 4) is 0 Å². The van der Waals surface area contributed by atoms with Crippen LogP contribution in [0.5, 0.6) is 0 Å². The Hall–Kier alpha value is -3.78. The quantitative estimate of drug-likeness (QED) is 0.457. The third-order valence-corrected chi connectivity index (χ3v) is 7.83. The first-order valence-electron chi connectivity index (χ1n) is 12.8. The monoisotopic (exact) mass is 570 g/mol. The zero-order chi connectivity index (χ0) is 28.8. The normalized spacial score (nSPS) is 23.4. The highest BCUT2D eigenvalue weighted by molar-refractivity contribution is 6.01. The van der Waals surface area contributed by atoms with Gasteiger partial charge in [-0.1, -0.05) is 11.2 Å². The van der Waals surface area contributed by atoms with Gasteiger partial charge < -0.3 is 20.9 Å². The van der Waals surface area contributed by atoms with Gasteiger partial charge in [0.1, 0.15) is 17.8 Å². The standard InChI is InChI=1S/C25H27F5N6O4/c1-12-19(35-40-34-12)21(37)33-20(13-4-6-24(26,27)7-5-13)22(38)31-16-3-2-14-9-17(10-15(14)8-16)36-11-18(25(28,29)30)32-23(36)39/h2-3,8,13,17-18,20H,4-7,9-11H2,1H3,(H,31,38)(H,32,39)(H,33,37)/t17?,18-,20-/m0/s1. The second-order valence-corrected chi connectivity index (χ2v) is 10.6. The van der Waals surface area contributed by atoms with Crippen LogP contribution in [-0.2, 0) is 17.6 Å². The number of aromatic nitrogens is 2. The molecule has 5 rings (SSSR count). The van der Waals surface area contributed by atoms with Crippen LogP contribution in [0.2, 0.25) is 0 Å². The van der Waals surface area contributed by atoms with E-state index >= 15 is 0 Å². The van der Waals surface area contributed by atoms with Crippen LogP contribution in [0.4, 0.5) is 32.4 Å². The number of hydrogen-bond acceptors (Lipinski definition) is 6. The third-order valence-electron chi connectivity index (χ3n) is 7.83. The summed E-state index contributed by atoms with van der Waals surface area (Å²) in [5, 5.41) is 14.4. The van der Waals surface area contributed by atoms with Gasteiger partial charge in [0, 0.05) is 24.6 Å². The highest BCUT2D eigenvalue weighted by Crippen LogP contribution is 2.38. The van der Waals surface area contributed by atoms with Gasteiger partial charge >= 0.3 is 12.2 Å². The summed E-state index contributed by atoms with van der Waals surface area (Å²) < 4.78 is 71.4. The summed E-state index contributed by atoms with van der Waals surface area (Å²) in [6.07, 6.45) is -4.68. The lowest BCUT2D eigenvalue weighted by molar-refractivity contribution is -0.150. The van der Waals surface area contributed by atoms with Crippen LogP contribution in [-0.4, -0.2) is 69.8 Å². The van der Waals surface area contributed by atoms with Crippen molar-refractivity contribution < 1.29 is 41.0 Å². The van der Waals surface area contributed by atoms with E-state index in [1.807, 2.05) is 5.32 Å². The van der Waals surface area contributed by atoms with Gasteiger partial charge in [-0.15, -0.1) is 0 Å². The van der Waals surface area contributed by atoms with Gasteiger partial charge in [0.05, 0.1) is 6.54 Å². The maximum Gasteiger partial charge on any atom is 0.410 e. The fourth-order valence-corrected chi connectivity index (χ4v) is 5.61. The summed E-state index contributed by atoms with van der Waals surface area (Å²) in [6.45, 7) is 1.02. The molecule has 2 fully saturated rings. The lowest BCUT2D eigenvalue weighted by Gasteiger charge is -2.33. The minimum absolute atomic E-state index is 0.0180. The third kappa shape index (κ3) is 5.72. The molecule has 40 heavy (non-hydrogen) atoms. The molecule has 1 saturated carbocycles. The number of halogens is 5. The molecule has 0 radical (unpaired) electrons. The highest BCUT2D eigenvalue weighted by Gasteiger charge is 2.49. The Kier molecular flexibility index (Phi) is 7.17. The van der Waals surface area contributed by atoms with Crippen molar-refractivity contribution >= 4 is 23.5 Å². The second kappa shape index (κ2) is 10.3. The van der Waals surface area contributed by atoms with Gasteiger partial charge in [0.25, 0.3) is 5.91 Å². The number of alkyl halides is 5.